The molecule has 106 valence electrons. The molecule has 1 N–H and O–H groups in total. The van der Waals surface area contributed by atoms with Crippen molar-refractivity contribution in [1.29, 1.82) is 0 Å². The Kier molecular flexibility index (Phi) is 6.22. The maximum Gasteiger partial charge on any atom is 0.123 e. The Bertz CT molecular complexity index is 356. The third kappa shape index (κ3) is 4.87. The molecule has 0 unspecified atom stereocenters. The van der Waals surface area contributed by atoms with Crippen molar-refractivity contribution >= 4 is 0 Å². The van der Waals surface area contributed by atoms with Gasteiger partial charge in [0.2, 0.25) is 0 Å². The molecule has 1 aliphatic rings. The van der Waals surface area contributed by atoms with Gasteiger partial charge in [-0.3, -0.25) is 0 Å². The Labute approximate surface area is 117 Å². The maximum atomic E-state index is 5.68. The van der Waals surface area contributed by atoms with Gasteiger partial charge in [-0.2, -0.15) is 0 Å². The number of nitrogens with one attached hydrogen (secondary N) is 1. The van der Waals surface area contributed by atoms with Crippen LogP contribution in [0.5, 0.6) is 5.75 Å². The molecular weight excluding hydrogens is 234 g/mol. The van der Waals surface area contributed by atoms with Crippen molar-refractivity contribution in [1.82, 2.24) is 5.32 Å². The van der Waals surface area contributed by atoms with Gasteiger partial charge in [-0.05, 0) is 25.8 Å². The molecule has 0 radical (unpaired) electrons. The fourth-order valence-electron chi connectivity index (χ4n) is 2.86. The summed E-state index contributed by atoms with van der Waals surface area (Å²) in [6, 6.07) is 9.07. The molecule has 0 aromatic heterocycles. The molecule has 2 heteroatoms. The van der Waals surface area contributed by atoms with E-state index in [1.165, 1.54) is 50.5 Å². The summed E-state index contributed by atoms with van der Waals surface area (Å²) in [4.78, 5) is 0. The lowest BCUT2D eigenvalue weighted by Crippen LogP contribution is -2.29. The van der Waals surface area contributed by atoms with E-state index in [0.717, 1.165) is 18.9 Å². The van der Waals surface area contributed by atoms with Gasteiger partial charge in [0.25, 0.3) is 0 Å². The molecule has 1 fully saturated rings. The minimum Gasteiger partial charge on any atom is -0.494 e. The second-order valence-electron chi connectivity index (χ2n) is 5.46. The summed E-state index contributed by atoms with van der Waals surface area (Å²) in [5.74, 6) is 1.03. The summed E-state index contributed by atoms with van der Waals surface area (Å²) in [6.45, 7) is 3.71. The molecular formula is C17H27NO. The first kappa shape index (κ1) is 14.4. The van der Waals surface area contributed by atoms with E-state index in [-0.39, 0.29) is 0 Å². The highest BCUT2D eigenvalue weighted by molar-refractivity contribution is 5.33. The molecule has 0 bridgehead atoms. The molecule has 1 aliphatic carbocycles. The molecule has 0 heterocycles. The van der Waals surface area contributed by atoms with Crippen molar-refractivity contribution < 1.29 is 4.74 Å². The van der Waals surface area contributed by atoms with Crippen molar-refractivity contribution in [2.75, 3.05) is 6.61 Å². The van der Waals surface area contributed by atoms with Crippen LogP contribution in [0.3, 0.4) is 0 Å². The van der Waals surface area contributed by atoms with E-state index in [4.69, 9.17) is 4.74 Å². The summed E-state index contributed by atoms with van der Waals surface area (Å²) in [6.07, 6.45) is 9.67. The number of hydrogen-bond donors (Lipinski definition) is 1. The molecule has 0 aliphatic heterocycles. The van der Waals surface area contributed by atoms with Crippen molar-refractivity contribution in [3.05, 3.63) is 29.8 Å². The number of rotatable bonds is 5. The molecule has 0 amide bonds. The highest BCUT2D eigenvalue weighted by Crippen LogP contribution is 2.20. The van der Waals surface area contributed by atoms with Crippen LogP contribution in [-0.2, 0) is 6.54 Å². The standard InChI is InChI=1S/C17H27NO/c1-2-19-17-13-9-8-10-15(17)14-18-16-11-6-4-3-5-7-12-16/h8-10,13,16,18H,2-7,11-12,14H2,1H3. The van der Waals surface area contributed by atoms with E-state index in [1.807, 2.05) is 13.0 Å². The topological polar surface area (TPSA) is 21.3 Å². The fraction of sp³-hybridized carbons (Fsp3) is 0.647. The van der Waals surface area contributed by atoms with Crippen molar-refractivity contribution in [2.24, 2.45) is 0 Å². The van der Waals surface area contributed by atoms with Crippen LogP contribution in [0.1, 0.15) is 57.4 Å². The molecule has 1 saturated carbocycles. The zero-order valence-corrected chi connectivity index (χ0v) is 12.2. The molecule has 2 nitrogen and oxygen atoms in total. The van der Waals surface area contributed by atoms with Crippen LogP contribution in [-0.4, -0.2) is 12.6 Å². The first-order valence-electron chi connectivity index (χ1n) is 7.84. The second-order valence-corrected chi connectivity index (χ2v) is 5.46. The predicted molar refractivity (Wildman–Crippen MR) is 80.6 cm³/mol. The van der Waals surface area contributed by atoms with Gasteiger partial charge in [0.15, 0.2) is 0 Å². The van der Waals surface area contributed by atoms with Gasteiger partial charge in [0.1, 0.15) is 5.75 Å². The Morgan fingerprint density at radius 2 is 1.74 bits per heavy atom. The van der Waals surface area contributed by atoms with Crippen LogP contribution in [0.15, 0.2) is 24.3 Å². The van der Waals surface area contributed by atoms with Gasteiger partial charge in [0, 0.05) is 18.2 Å². The molecule has 19 heavy (non-hydrogen) atoms. The average molecular weight is 261 g/mol. The van der Waals surface area contributed by atoms with E-state index in [0.29, 0.717) is 6.04 Å². The van der Waals surface area contributed by atoms with Crippen molar-refractivity contribution in [2.45, 2.75) is 64.5 Å². The van der Waals surface area contributed by atoms with E-state index in [1.54, 1.807) is 0 Å². The third-order valence-corrected chi connectivity index (χ3v) is 3.96. The lowest BCUT2D eigenvalue weighted by molar-refractivity contribution is 0.332. The Morgan fingerprint density at radius 3 is 2.47 bits per heavy atom. The van der Waals surface area contributed by atoms with Crippen LogP contribution in [0, 0.1) is 0 Å². The molecule has 2 rings (SSSR count). The molecule has 1 aromatic carbocycles. The van der Waals surface area contributed by atoms with Gasteiger partial charge in [0.05, 0.1) is 6.61 Å². The monoisotopic (exact) mass is 261 g/mol. The molecule has 0 atom stereocenters. The average Bonchev–Trinajstić information content (AvgIpc) is 2.39. The minimum absolute atomic E-state index is 0.690. The fourth-order valence-corrected chi connectivity index (χ4v) is 2.86. The summed E-state index contributed by atoms with van der Waals surface area (Å²) in [7, 11) is 0. The van der Waals surface area contributed by atoms with Gasteiger partial charge in [-0.25, -0.2) is 0 Å². The summed E-state index contributed by atoms with van der Waals surface area (Å²) in [5.41, 5.74) is 1.28. The number of hydrogen-bond acceptors (Lipinski definition) is 2. The second kappa shape index (κ2) is 8.21. The van der Waals surface area contributed by atoms with Crippen molar-refractivity contribution in [3.8, 4) is 5.75 Å². The zero-order chi connectivity index (χ0) is 13.3. The molecule has 1 aromatic rings. The highest BCUT2D eigenvalue weighted by Gasteiger charge is 2.11. The lowest BCUT2D eigenvalue weighted by Gasteiger charge is -2.21. The quantitative estimate of drug-likeness (QED) is 0.854. The summed E-state index contributed by atoms with van der Waals surface area (Å²) >= 11 is 0. The van der Waals surface area contributed by atoms with Crippen LogP contribution >= 0.6 is 0 Å². The first-order valence-corrected chi connectivity index (χ1v) is 7.84. The van der Waals surface area contributed by atoms with Crippen LogP contribution in [0.4, 0.5) is 0 Å². The van der Waals surface area contributed by atoms with Crippen LogP contribution < -0.4 is 10.1 Å². The maximum absolute atomic E-state index is 5.68. The summed E-state index contributed by atoms with van der Waals surface area (Å²) in [5, 5.41) is 3.72. The number of benzene rings is 1. The predicted octanol–water partition coefficient (Wildman–Crippen LogP) is 4.29. The van der Waals surface area contributed by atoms with Gasteiger partial charge in [-0.1, -0.05) is 50.3 Å². The molecule has 0 saturated heterocycles. The minimum atomic E-state index is 0.690. The largest absolute Gasteiger partial charge is 0.494 e. The Morgan fingerprint density at radius 1 is 1.05 bits per heavy atom. The smallest absolute Gasteiger partial charge is 0.123 e. The Hall–Kier alpha value is -1.02. The van der Waals surface area contributed by atoms with Crippen LogP contribution in [0.2, 0.25) is 0 Å². The van der Waals surface area contributed by atoms with E-state index >= 15 is 0 Å². The third-order valence-electron chi connectivity index (χ3n) is 3.96. The highest BCUT2D eigenvalue weighted by atomic mass is 16.5. The van der Waals surface area contributed by atoms with Gasteiger partial charge < -0.3 is 10.1 Å². The normalized spacial score (nSPS) is 17.7. The first-order chi connectivity index (χ1) is 9.40. The van der Waals surface area contributed by atoms with Crippen LogP contribution in [0.25, 0.3) is 0 Å². The summed E-state index contributed by atoms with van der Waals surface area (Å²) < 4.78 is 5.68. The molecule has 0 spiro atoms. The number of ether oxygens (including phenoxy) is 1. The zero-order valence-electron chi connectivity index (χ0n) is 12.2. The van der Waals surface area contributed by atoms with E-state index in [9.17, 15) is 0 Å². The van der Waals surface area contributed by atoms with E-state index in [2.05, 4.69) is 23.5 Å². The van der Waals surface area contributed by atoms with Crippen molar-refractivity contribution in [3.63, 3.8) is 0 Å². The van der Waals surface area contributed by atoms with E-state index < -0.39 is 0 Å². The number of para-hydroxylation sites is 1. The SMILES string of the molecule is CCOc1ccccc1CNC1CCCCCCC1. The van der Waals surface area contributed by atoms with Gasteiger partial charge in [-0.15, -0.1) is 0 Å². The van der Waals surface area contributed by atoms with Gasteiger partial charge >= 0.3 is 0 Å². The lowest BCUT2D eigenvalue weighted by atomic mass is 9.96. The Balaban J connectivity index is 1.86.